The number of hydrogen-bond acceptors (Lipinski definition) is 6. The Balaban J connectivity index is 2.19. The maximum absolute atomic E-state index is 5.55. The summed E-state index contributed by atoms with van der Waals surface area (Å²) in [5, 5.41) is 3.05. The first-order chi connectivity index (χ1) is 8.71. The van der Waals surface area contributed by atoms with Crippen molar-refractivity contribution < 1.29 is 4.74 Å². The fourth-order valence-corrected chi connectivity index (χ4v) is 1.47. The van der Waals surface area contributed by atoms with Crippen LogP contribution in [0.4, 0.5) is 17.6 Å². The summed E-state index contributed by atoms with van der Waals surface area (Å²) in [6.45, 7) is 2.11. The number of nitrogen functional groups attached to an aromatic ring is 1. The van der Waals surface area contributed by atoms with Gasteiger partial charge in [-0.2, -0.15) is 15.0 Å². The molecule has 0 amide bonds. The van der Waals surface area contributed by atoms with Crippen LogP contribution in [0.3, 0.4) is 0 Å². The molecule has 0 saturated heterocycles. The third-order valence-electron chi connectivity index (χ3n) is 2.43. The SMILES string of the molecule is CCc1ccc(Nc2nc(N)nc(OC)n2)cc1. The van der Waals surface area contributed by atoms with Crippen LogP contribution in [0.5, 0.6) is 6.01 Å². The fraction of sp³-hybridized carbons (Fsp3) is 0.250. The zero-order valence-electron chi connectivity index (χ0n) is 10.3. The van der Waals surface area contributed by atoms with E-state index in [2.05, 4.69) is 27.2 Å². The van der Waals surface area contributed by atoms with Gasteiger partial charge in [0.05, 0.1) is 7.11 Å². The lowest BCUT2D eigenvalue weighted by molar-refractivity contribution is 0.380. The van der Waals surface area contributed by atoms with Gasteiger partial charge < -0.3 is 15.8 Å². The molecule has 0 fully saturated rings. The molecule has 0 saturated carbocycles. The van der Waals surface area contributed by atoms with Crippen LogP contribution in [0.2, 0.25) is 0 Å². The number of anilines is 3. The minimum Gasteiger partial charge on any atom is -0.467 e. The highest BCUT2D eigenvalue weighted by molar-refractivity contribution is 5.54. The topological polar surface area (TPSA) is 86.0 Å². The van der Waals surface area contributed by atoms with Crippen LogP contribution >= 0.6 is 0 Å². The van der Waals surface area contributed by atoms with E-state index in [1.807, 2.05) is 24.3 Å². The molecule has 0 radical (unpaired) electrons. The molecule has 0 aliphatic carbocycles. The van der Waals surface area contributed by atoms with Gasteiger partial charge >= 0.3 is 6.01 Å². The third kappa shape index (κ3) is 2.85. The van der Waals surface area contributed by atoms with Crippen LogP contribution in [-0.4, -0.2) is 22.1 Å². The molecule has 6 heteroatoms. The van der Waals surface area contributed by atoms with Gasteiger partial charge in [0.25, 0.3) is 0 Å². The summed E-state index contributed by atoms with van der Waals surface area (Å²) >= 11 is 0. The average Bonchev–Trinajstić information content (AvgIpc) is 2.39. The van der Waals surface area contributed by atoms with E-state index in [0.29, 0.717) is 5.95 Å². The molecule has 0 unspecified atom stereocenters. The van der Waals surface area contributed by atoms with Gasteiger partial charge in [-0.05, 0) is 24.1 Å². The number of rotatable bonds is 4. The van der Waals surface area contributed by atoms with Gasteiger partial charge in [0.15, 0.2) is 0 Å². The van der Waals surface area contributed by atoms with Gasteiger partial charge in [-0.3, -0.25) is 0 Å². The van der Waals surface area contributed by atoms with Crippen molar-refractivity contribution in [2.75, 3.05) is 18.2 Å². The molecule has 18 heavy (non-hydrogen) atoms. The largest absolute Gasteiger partial charge is 0.467 e. The minimum absolute atomic E-state index is 0.120. The Morgan fingerprint density at radius 3 is 2.50 bits per heavy atom. The molecule has 2 rings (SSSR count). The smallest absolute Gasteiger partial charge is 0.322 e. The average molecular weight is 245 g/mol. The van der Waals surface area contributed by atoms with E-state index >= 15 is 0 Å². The van der Waals surface area contributed by atoms with Crippen molar-refractivity contribution in [3.63, 3.8) is 0 Å². The van der Waals surface area contributed by atoms with Crippen molar-refractivity contribution >= 4 is 17.6 Å². The first kappa shape index (κ1) is 12.1. The summed E-state index contributed by atoms with van der Waals surface area (Å²) in [5.74, 6) is 0.484. The van der Waals surface area contributed by atoms with Gasteiger partial charge in [0.1, 0.15) is 0 Å². The molecular formula is C12H15N5O. The van der Waals surface area contributed by atoms with Crippen LogP contribution in [0.25, 0.3) is 0 Å². The van der Waals surface area contributed by atoms with Crippen molar-refractivity contribution in [2.45, 2.75) is 13.3 Å². The first-order valence-electron chi connectivity index (χ1n) is 5.62. The molecule has 0 aliphatic rings. The number of ether oxygens (including phenoxy) is 1. The van der Waals surface area contributed by atoms with Crippen molar-refractivity contribution in [1.29, 1.82) is 0 Å². The normalized spacial score (nSPS) is 10.1. The van der Waals surface area contributed by atoms with Gasteiger partial charge in [-0.1, -0.05) is 19.1 Å². The Labute approximate surface area is 105 Å². The molecule has 94 valence electrons. The van der Waals surface area contributed by atoms with Gasteiger partial charge in [-0.25, -0.2) is 0 Å². The van der Waals surface area contributed by atoms with Gasteiger partial charge in [0, 0.05) is 5.69 Å². The second-order valence-electron chi connectivity index (χ2n) is 3.68. The van der Waals surface area contributed by atoms with Crippen LogP contribution < -0.4 is 15.8 Å². The van der Waals surface area contributed by atoms with E-state index in [-0.39, 0.29) is 12.0 Å². The molecule has 0 spiro atoms. The summed E-state index contributed by atoms with van der Waals surface area (Å²) in [7, 11) is 1.48. The summed E-state index contributed by atoms with van der Waals surface area (Å²) in [4.78, 5) is 11.9. The molecule has 1 heterocycles. The van der Waals surface area contributed by atoms with Crippen molar-refractivity contribution in [3.8, 4) is 6.01 Å². The van der Waals surface area contributed by atoms with Crippen molar-refractivity contribution in [2.24, 2.45) is 0 Å². The van der Waals surface area contributed by atoms with Gasteiger partial charge in [0.2, 0.25) is 11.9 Å². The minimum atomic E-state index is 0.120. The Kier molecular flexibility index (Phi) is 3.57. The Hall–Kier alpha value is -2.37. The number of aryl methyl sites for hydroxylation is 1. The second-order valence-corrected chi connectivity index (χ2v) is 3.68. The van der Waals surface area contributed by atoms with Crippen LogP contribution in [0.1, 0.15) is 12.5 Å². The van der Waals surface area contributed by atoms with E-state index in [4.69, 9.17) is 10.5 Å². The third-order valence-corrected chi connectivity index (χ3v) is 2.43. The molecule has 0 aliphatic heterocycles. The number of benzene rings is 1. The second kappa shape index (κ2) is 5.31. The summed E-state index contributed by atoms with van der Waals surface area (Å²) in [5.41, 5.74) is 7.71. The quantitative estimate of drug-likeness (QED) is 0.853. The molecular weight excluding hydrogens is 230 g/mol. The first-order valence-corrected chi connectivity index (χ1v) is 5.62. The number of aromatic nitrogens is 3. The monoisotopic (exact) mass is 245 g/mol. The zero-order valence-corrected chi connectivity index (χ0v) is 10.3. The van der Waals surface area contributed by atoms with E-state index in [0.717, 1.165) is 12.1 Å². The molecule has 6 nitrogen and oxygen atoms in total. The molecule has 0 bridgehead atoms. The Bertz CT molecular complexity index is 526. The van der Waals surface area contributed by atoms with Crippen LogP contribution in [0.15, 0.2) is 24.3 Å². The number of nitrogens with two attached hydrogens (primary N) is 1. The van der Waals surface area contributed by atoms with Crippen LogP contribution in [0, 0.1) is 0 Å². The molecule has 1 aromatic heterocycles. The summed E-state index contributed by atoms with van der Waals surface area (Å²) in [6.07, 6.45) is 1.01. The number of nitrogens with zero attached hydrogens (tertiary/aromatic N) is 3. The van der Waals surface area contributed by atoms with Crippen molar-refractivity contribution in [1.82, 2.24) is 15.0 Å². The van der Waals surface area contributed by atoms with E-state index in [1.165, 1.54) is 12.7 Å². The van der Waals surface area contributed by atoms with Crippen LogP contribution in [-0.2, 0) is 6.42 Å². The molecule has 3 N–H and O–H groups in total. The lowest BCUT2D eigenvalue weighted by Crippen LogP contribution is -2.05. The lowest BCUT2D eigenvalue weighted by atomic mass is 10.1. The lowest BCUT2D eigenvalue weighted by Gasteiger charge is -2.07. The molecule has 2 aromatic rings. The number of methoxy groups -OCH3 is 1. The number of hydrogen-bond donors (Lipinski definition) is 2. The fourth-order valence-electron chi connectivity index (χ4n) is 1.47. The standard InChI is InChI=1S/C12H15N5O/c1-3-8-4-6-9(7-5-8)14-11-15-10(13)16-12(17-11)18-2/h4-7H,3H2,1-2H3,(H3,13,14,15,16,17). The predicted molar refractivity (Wildman–Crippen MR) is 69.9 cm³/mol. The van der Waals surface area contributed by atoms with E-state index < -0.39 is 0 Å². The Morgan fingerprint density at radius 1 is 1.17 bits per heavy atom. The summed E-state index contributed by atoms with van der Waals surface area (Å²) < 4.78 is 4.93. The molecule has 1 aromatic carbocycles. The van der Waals surface area contributed by atoms with Crippen molar-refractivity contribution in [3.05, 3.63) is 29.8 Å². The van der Waals surface area contributed by atoms with E-state index in [1.54, 1.807) is 0 Å². The van der Waals surface area contributed by atoms with Gasteiger partial charge in [-0.15, -0.1) is 0 Å². The maximum atomic E-state index is 5.55. The predicted octanol–water partition coefficient (Wildman–Crippen LogP) is 1.77. The maximum Gasteiger partial charge on any atom is 0.322 e. The summed E-state index contributed by atoms with van der Waals surface area (Å²) in [6, 6.07) is 8.21. The molecule has 0 atom stereocenters. The number of nitrogens with one attached hydrogen (secondary N) is 1. The highest BCUT2D eigenvalue weighted by Crippen LogP contribution is 2.16. The van der Waals surface area contributed by atoms with E-state index in [9.17, 15) is 0 Å². The highest BCUT2D eigenvalue weighted by atomic mass is 16.5. The zero-order chi connectivity index (χ0) is 13.0. The Morgan fingerprint density at radius 2 is 1.89 bits per heavy atom. The highest BCUT2D eigenvalue weighted by Gasteiger charge is 2.04.